The molecule has 1 aliphatic rings. The highest BCUT2D eigenvalue weighted by atomic mass is 35.5. The average Bonchev–Trinajstić information content (AvgIpc) is 3.04. The Labute approximate surface area is 158 Å². The van der Waals surface area contributed by atoms with Crippen LogP contribution in [0.15, 0.2) is 18.2 Å². The van der Waals surface area contributed by atoms with Gasteiger partial charge in [-0.1, -0.05) is 11.6 Å². The van der Waals surface area contributed by atoms with Crippen LogP contribution >= 0.6 is 11.6 Å². The second kappa shape index (κ2) is 7.95. The van der Waals surface area contributed by atoms with Gasteiger partial charge in [-0.3, -0.25) is 14.5 Å². The third-order valence-electron chi connectivity index (χ3n) is 3.89. The molecule has 0 unspecified atom stereocenters. The number of nitrogens with zero attached hydrogens (tertiary/aromatic N) is 1. The van der Waals surface area contributed by atoms with Crippen molar-refractivity contribution in [2.45, 2.75) is 45.3 Å². The average molecular weight is 382 g/mol. The van der Waals surface area contributed by atoms with E-state index in [-0.39, 0.29) is 17.4 Å². The standard InChI is InChI=1S/C18H24ClN3O4/c1-18(2,3)26-17(25)22-9-5-6-14(22)16(24)21-11-7-8-13(19)12(10-11)15(23)20-4/h7-8,10,14H,5-6,9H2,1-4H3,(H,20,23)(H,21,24)/t14-/m0/s1. The van der Waals surface area contributed by atoms with Crippen LogP contribution in [0, 0.1) is 0 Å². The summed E-state index contributed by atoms with van der Waals surface area (Å²) in [4.78, 5) is 38.2. The smallest absolute Gasteiger partial charge is 0.410 e. The van der Waals surface area contributed by atoms with Gasteiger partial charge in [0.15, 0.2) is 0 Å². The first-order valence-electron chi connectivity index (χ1n) is 8.44. The zero-order valence-electron chi connectivity index (χ0n) is 15.4. The Morgan fingerprint density at radius 3 is 2.58 bits per heavy atom. The predicted molar refractivity (Wildman–Crippen MR) is 99.4 cm³/mol. The second-order valence-corrected chi connectivity index (χ2v) is 7.50. The van der Waals surface area contributed by atoms with Crippen molar-refractivity contribution in [2.24, 2.45) is 0 Å². The summed E-state index contributed by atoms with van der Waals surface area (Å²) < 4.78 is 5.37. The summed E-state index contributed by atoms with van der Waals surface area (Å²) >= 11 is 6.02. The van der Waals surface area contributed by atoms with Crippen LogP contribution in [0.4, 0.5) is 10.5 Å². The van der Waals surface area contributed by atoms with Crippen LogP contribution < -0.4 is 10.6 Å². The number of benzene rings is 1. The molecule has 0 aliphatic carbocycles. The number of halogens is 1. The Hall–Kier alpha value is -2.28. The molecule has 1 aliphatic heterocycles. The second-order valence-electron chi connectivity index (χ2n) is 7.09. The maximum atomic E-state index is 12.6. The highest BCUT2D eigenvalue weighted by Gasteiger charge is 2.36. The summed E-state index contributed by atoms with van der Waals surface area (Å²) in [5.74, 6) is -0.666. The van der Waals surface area contributed by atoms with Crippen molar-refractivity contribution in [1.82, 2.24) is 10.2 Å². The normalized spacial score (nSPS) is 17.0. The molecule has 1 heterocycles. The minimum Gasteiger partial charge on any atom is -0.444 e. The molecule has 1 aromatic rings. The molecule has 0 saturated carbocycles. The maximum absolute atomic E-state index is 12.6. The van der Waals surface area contributed by atoms with Crippen molar-refractivity contribution >= 4 is 35.2 Å². The van der Waals surface area contributed by atoms with Crippen LogP contribution in [0.1, 0.15) is 44.0 Å². The topological polar surface area (TPSA) is 87.7 Å². The van der Waals surface area contributed by atoms with Crippen LogP contribution in [0.3, 0.4) is 0 Å². The number of amides is 3. The molecule has 1 saturated heterocycles. The lowest BCUT2D eigenvalue weighted by atomic mass is 10.1. The monoisotopic (exact) mass is 381 g/mol. The van der Waals surface area contributed by atoms with Crippen molar-refractivity contribution < 1.29 is 19.1 Å². The number of hydrogen-bond donors (Lipinski definition) is 2. The first-order valence-corrected chi connectivity index (χ1v) is 8.82. The maximum Gasteiger partial charge on any atom is 0.410 e. The third-order valence-corrected chi connectivity index (χ3v) is 4.22. The van der Waals surface area contributed by atoms with Crippen molar-refractivity contribution in [3.05, 3.63) is 28.8 Å². The lowest BCUT2D eigenvalue weighted by Gasteiger charge is -2.28. The highest BCUT2D eigenvalue weighted by Crippen LogP contribution is 2.24. The molecule has 8 heteroatoms. The van der Waals surface area contributed by atoms with E-state index in [2.05, 4.69) is 10.6 Å². The number of nitrogens with one attached hydrogen (secondary N) is 2. The Bertz CT molecular complexity index is 715. The van der Waals surface area contributed by atoms with Gasteiger partial charge in [-0.2, -0.15) is 0 Å². The van der Waals surface area contributed by atoms with Crippen LogP contribution in [-0.2, 0) is 9.53 Å². The molecule has 0 bridgehead atoms. The van der Waals surface area contributed by atoms with Crippen LogP contribution in [0.5, 0.6) is 0 Å². The molecule has 3 amide bonds. The van der Waals surface area contributed by atoms with Gasteiger partial charge in [-0.15, -0.1) is 0 Å². The summed E-state index contributed by atoms with van der Waals surface area (Å²) in [6, 6.07) is 4.05. The summed E-state index contributed by atoms with van der Waals surface area (Å²) in [5.41, 5.74) is 0.0793. The molecule has 1 aromatic carbocycles. The van der Waals surface area contributed by atoms with Crippen molar-refractivity contribution in [1.29, 1.82) is 0 Å². The van der Waals surface area contributed by atoms with E-state index in [4.69, 9.17) is 16.3 Å². The summed E-state index contributed by atoms with van der Waals surface area (Å²) in [6.07, 6.45) is 0.778. The number of rotatable bonds is 3. The fourth-order valence-electron chi connectivity index (χ4n) is 2.72. The number of likely N-dealkylation sites (tertiary alicyclic amines) is 1. The number of hydrogen-bond acceptors (Lipinski definition) is 4. The lowest BCUT2D eigenvalue weighted by Crippen LogP contribution is -2.45. The number of anilines is 1. The van der Waals surface area contributed by atoms with Gasteiger partial charge in [0, 0.05) is 19.3 Å². The van der Waals surface area contributed by atoms with Crippen molar-refractivity contribution in [3.8, 4) is 0 Å². The number of carbonyl (C=O) groups is 3. The number of ether oxygens (including phenoxy) is 1. The summed E-state index contributed by atoms with van der Waals surface area (Å²) in [6.45, 7) is 5.81. The van der Waals surface area contributed by atoms with Gasteiger partial charge in [-0.05, 0) is 51.8 Å². The molecule has 1 fully saturated rings. The predicted octanol–water partition coefficient (Wildman–Crippen LogP) is 3.04. The minimum absolute atomic E-state index is 0.266. The Morgan fingerprint density at radius 2 is 1.96 bits per heavy atom. The van der Waals surface area contributed by atoms with E-state index in [9.17, 15) is 14.4 Å². The zero-order chi connectivity index (χ0) is 19.5. The summed E-state index contributed by atoms with van der Waals surface area (Å²) in [5, 5.41) is 5.54. The van der Waals surface area contributed by atoms with Gasteiger partial charge in [0.05, 0.1) is 10.6 Å². The SMILES string of the molecule is CNC(=O)c1cc(NC(=O)[C@@H]2CCCN2C(=O)OC(C)(C)C)ccc1Cl. The van der Waals surface area contributed by atoms with Gasteiger partial charge in [0.1, 0.15) is 11.6 Å². The molecule has 0 radical (unpaired) electrons. The molecule has 0 spiro atoms. The van der Waals surface area contributed by atoms with E-state index in [1.165, 1.54) is 18.0 Å². The fraction of sp³-hybridized carbons (Fsp3) is 0.500. The lowest BCUT2D eigenvalue weighted by molar-refractivity contribution is -0.120. The van der Waals surface area contributed by atoms with E-state index >= 15 is 0 Å². The quantitative estimate of drug-likeness (QED) is 0.842. The first-order chi connectivity index (χ1) is 12.1. The van der Waals surface area contributed by atoms with E-state index in [1.807, 2.05) is 0 Å². The summed E-state index contributed by atoms with van der Waals surface area (Å²) in [7, 11) is 1.50. The van der Waals surface area contributed by atoms with Crippen LogP contribution in [-0.4, -0.2) is 48.0 Å². The van der Waals surface area contributed by atoms with E-state index in [0.29, 0.717) is 23.7 Å². The van der Waals surface area contributed by atoms with Gasteiger partial charge < -0.3 is 15.4 Å². The molecule has 2 rings (SSSR count). The van der Waals surface area contributed by atoms with E-state index in [1.54, 1.807) is 32.9 Å². The molecular formula is C18H24ClN3O4. The molecule has 1 atom stereocenters. The van der Waals surface area contributed by atoms with Gasteiger partial charge in [0.25, 0.3) is 5.91 Å². The fourth-order valence-corrected chi connectivity index (χ4v) is 2.92. The molecule has 142 valence electrons. The molecular weight excluding hydrogens is 358 g/mol. The molecule has 0 aromatic heterocycles. The van der Waals surface area contributed by atoms with Gasteiger partial charge in [-0.25, -0.2) is 4.79 Å². The number of carbonyl (C=O) groups excluding carboxylic acids is 3. The largest absolute Gasteiger partial charge is 0.444 e. The van der Waals surface area contributed by atoms with Crippen LogP contribution in [0.25, 0.3) is 0 Å². The Kier molecular flexibility index (Phi) is 6.13. The van der Waals surface area contributed by atoms with Crippen LogP contribution in [0.2, 0.25) is 5.02 Å². The zero-order valence-corrected chi connectivity index (χ0v) is 16.1. The van der Waals surface area contributed by atoms with E-state index in [0.717, 1.165) is 6.42 Å². The minimum atomic E-state index is -0.626. The van der Waals surface area contributed by atoms with Crippen molar-refractivity contribution in [2.75, 3.05) is 18.9 Å². The Balaban J connectivity index is 2.11. The molecule has 2 N–H and O–H groups in total. The highest BCUT2D eigenvalue weighted by molar-refractivity contribution is 6.34. The van der Waals surface area contributed by atoms with Gasteiger partial charge in [0.2, 0.25) is 5.91 Å². The molecule has 7 nitrogen and oxygen atoms in total. The Morgan fingerprint density at radius 1 is 1.27 bits per heavy atom. The molecule has 26 heavy (non-hydrogen) atoms. The van der Waals surface area contributed by atoms with E-state index < -0.39 is 17.7 Å². The first kappa shape index (κ1) is 20.0. The third kappa shape index (κ3) is 4.88. The van der Waals surface area contributed by atoms with Crippen molar-refractivity contribution in [3.63, 3.8) is 0 Å². The van der Waals surface area contributed by atoms with Gasteiger partial charge >= 0.3 is 6.09 Å².